The molecule has 3 nitrogen and oxygen atoms in total. The van der Waals surface area contributed by atoms with E-state index in [0.29, 0.717) is 6.61 Å². The van der Waals surface area contributed by atoms with E-state index in [1.807, 2.05) is 43.8 Å². The molecule has 1 aliphatic rings. The molecule has 0 radical (unpaired) electrons. The van der Waals surface area contributed by atoms with Gasteiger partial charge in [-0.3, -0.25) is 0 Å². The van der Waals surface area contributed by atoms with Gasteiger partial charge in [-0.1, -0.05) is 0 Å². The molecule has 0 bridgehead atoms. The van der Waals surface area contributed by atoms with Crippen molar-refractivity contribution in [3.8, 4) is 0 Å². The zero-order valence-electron chi connectivity index (χ0n) is 8.28. The van der Waals surface area contributed by atoms with E-state index in [2.05, 4.69) is 0 Å². The van der Waals surface area contributed by atoms with Gasteiger partial charge in [0.25, 0.3) is 0 Å². The Balaban J connectivity index is 2.17. The summed E-state index contributed by atoms with van der Waals surface area (Å²) in [6, 6.07) is 4.01. The molecule has 0 aromatic carbocycles. The lowest BCUT2D eigenvalue weighted by Gasteiger charge is -2.15. The van der Waals surface area contributed by atoms with Crippen LogP contribution in [0.5, 0.6) is 0 Å². The highest BCUT2D eigenvalue weighted by Gasteiger charge is 2.39. The van der Waals surface area contributed by atoms with Gasteiger partial charge in [0.2, 0.25) is 0 Å². The van der Waals surface area contributed by atoms with Crippen molar-refractivity contribution < 1.29 is 9.31 Å². The second-order valence-electron chi connectivity index (χ2n) is 4.06. The van der Waals surface area contributed by atoms with E-state index in [4.69, 9.17) is 9.31 Å². The second kappa shape index (κ2) is 2.89. The van der Waals surface area contributed by atoms with E-state index >= 15 is 0 Å². The average Bonchev–Trinajstić information content (AvgIpc) is 2.56. The highest BCUT2D eigenvalue weighted by Crippen LogP contribution is 2.19. The Morgan fingerprint density at radius 2 is 2.31 bits per heavy atom. The minimum atomic E-state index is -0.199. The molecule has 1 aliphatic heterocycles. The summed E-state index contributed by atoms with van der Waals surface area (Å²) < 4.78 is 13.3. The van der Waals surface area contributed by atoms with Crippen molar-refractivity contribution in [3.63, 3.8) is 0 Å². The molecule has 0 amide bonds. The maximum Gasteiger partial charge on any atom is 0.511 e. The van der Waals surface area contributed by atoms with Crippen LogP contribution < -0.4 is 5.59 Å². The molecule has 0 atom stereocenters. The quantitative estimate of drug-likeness (QED) is 0.587. The predicted molar refractivity (Wildman–Crippen MR) is 51.9 cm³/mol. The van der Waals surface area contributed by atoms with Crippen LogP contribution in [0.3, 0.4) is 0 Å². The minimum absolute atomic E-state index is 0.158. The lowest BCUT2D eigenvalue weighted by atomic mass is 9.85. The summed E-state index contributed by atoms with van der Waals surface area (Å²) in [4.78, 5) is 0. The van der Waals surface area contributed by atoms with Gasteiger partial charge in [0, 0.05) is 18.8 Å². The van der Waals surface area contributed by atoms with Gasteiger partial charge in [-0.2, -0.15) is 0 Å². The fraction of sp³-hybridized carbons (Fsp3) is 0.556. The third kappa shape index (κ3) is 1.64. The first-order valence-corrected chi connectivity index (χ1v) is 4.49. The van der Waals surface area contributed by atoms with Gasteiger partial charge in [-0.15, -0.1) is 0 Å². The molecular formula is C9H14BNO2. The summed E-state index contributed by atoms with van der Waals surface area (Å²) in [5, 5.41) is 0. The number of hydrogen-bond donors (Lipinski definition) is 0. The van der Waals surface area contributed by atoms with E-state index in [-0.39, 0.29) is 12.7 Å². The van der Waals surface area contributed by atoms with E-state index < -0.39 is 0 Å². The SMILES string of the molecule is Cn1cccc1B1OCC(C)(C)O1. The van der Waals surface area contributed by atoms with Crippen LogP contribution in [0.1, 0.15) is 13.8 Å². The van der Waals surface area contributed by atoms with Crippen molar-refractivity contribution in [1.82, 2.24) is 4.57 Å². The van der Waals surface area contributed by atoms with Crippen molar-refractivity contribution in [3.05, 3.63) is 18.3 Å². The molecule has 2 heterocycles. The molecule has 1 fully saturated rings. The standard InChI is InChI=1S/C9H14BNO2/c1-9(2)7-12-10(13-9)8-5-4-6-11(8)3/h4-6H,7H2,1-3H3. The Labute approximate surface area is 78.8 Å². The number of nitrogens with zero attached hydrogens (tertiary/aromatic N) is 1. The summed E-state index contributed by atoms with van der Waals surface area (Å²) in [5.41, 5.74) is 0.917. The van der Waals surface area contributed by atoms with Gasteiger partial charge in [0.1, 0.15) is 0 Å². The van der Waals surface area contributed by atoms with Gasteiger partial charge in [-0.05, 0) is 26.0 Å². The van der Waals surface area contributed by atoms with Gasteiger partial charge < -0.3 is 13.9 Å². The van der Waals surface area contributed by atoms with Crippen LogP contribution in [0.25, 0.3) is 0 Å². The first kappa shape index (κ1) is 8.85. The lowest BCUT2D eigenvalue weighted by Crippen LogP contribution is -2.38. The number of aromatic nitrogens is 1. The van der Waals surface area contributed by atoms with Gasteiger partial charge >= 0.3 is 7.12 Å². The summed E-state index contributed by atoms with van der Waals surface area (Å²) in [6.45, 7) is 4.73. The highest BCUT2D eigenvalue weighted by molar-refractivity contribution is 6.61. The number of rotatable bonds is 1. The maximum absolute atomic E-state index is 5.73. The molecule has 0 unspecified atom stereocenters. The molecule has 70 valence electrons. The fourth-order valence-corrected chi connectivity index (χ4v) is 1.50. The second-order valence-corrected chi connectivity index (χ2v) is 4.06. The van der Waals surface area contributed by atoms with Crippen LogP contribution in [0, 0.1) is 0 Å². The van der Waals surface area contributed by atoms with Crippen LogP contribution in [0.15, 0.2) is 18.3 Å². The first-order chi connectivity index (χ1) is 6.08. The van der Waals surface area contributed by atoms with Crippen LogP contribution in [-0.2, 0) is 16.4 Å². The topological polar surface area (TPSA) is 23.4 Å². The zero-order valence-corrected chi connectivity index (χ0v) is 8.28. The molecule has 1 aromatic rings. The van der Waals surface area contributed by atoms with Crippen LogP contribution >= 0.6 is 0 Å². The van der Waals surface area contributed by atoms with Gasteiger partial charge in [0.05, 0.1) is 12.2 Å². The van der Waals surface area contributed by atoms with E-state index in [1.54, 1.807) is 0 Å². The zero-order chi connectivity index (χ0) is 9.47. The normalized spacial score (nSPS) is 21.0. The summed E-state index contributed by atoms with van der Waals surface area (Å²) >= 11 is 0. The molecule has 0 saturated carbocycles. The number of aryl methyl sites for hydroxylation is 1. The lowest BCUT2D eigenvalue weighted by molar-refractivity contribution is 0.137. The van der Waals surface area contributed by atoms with Crippen molar-refractivity contribution >= 4 is 12.7 Å². The van der Waals surface area contributed by atoms with Crippen LogP contribution in [0.2, 0.25) is 0 Å². The highest BCUT2D eigenvalue weighted by atomic mass is 16.7. The van der Waals surface area contributed by atoms with E-state index in [1.165, 1.54) is 0 Å². The van der Waals surface area contributed by atoms with Crippen molar-refractivity contribution in [2.45, 2.75) is 19.4 Å². The summed E-state index contributed by atoms with van der Waals surface area (Å²) in [5.74, 6) is 0. The van der Waals surface area contributed by atoms with Crippen LogP contribution in [0.4, 0.5) is 0 Å². The molecule has 0 spiro atoms. The fourth-order valence-electron chi connectivity index (χ4n) is 1.50. The first-order valence-electron chi connectivity index (χ1n) is 4.49. The monoisotopic (exact) mass is 179 g/mol. The minimum Gasteiger partial charge on any atom is -0.403 e. The molecule has 0 N–H and O–H groups in total. The molecule has 4 heteroatoms. The molecule has 1 aromatic heterocycles. The molecular weight excluding hydrogens is 165 g/mol. The maximum atomic E-state index is 5.73. The van der Waals surface area contributed by atoms with Crippen molar-refractivity contribution in [2.75, 3.05) is 6.61 Å². The van der Waals surface area contributed by atoms with Crippen LogP contribution in [-0.4, -0.2) is 23.9 Å². The molecule has 2 rings (SSSR count). The Morgan fingerprint density at radius 3 is 2.77 bits per heavy atom. The number of hydrogen-bond acceptors (Lipinski definition) is 2. The Hall–Kier alpha value is -0.735. The Kier molecular flexibility index (Phi) is 1.97. The Bertz CT molecular complexity index is 308. The van der Waals surface area contributed by atoms with Crippen molar-refractivity contribution in [1.29, 1.82) is 0 Å². The predicted octanol–water partition coefficient (Wildman–Crippen LogP) is 0.546. The third-order valence-electron chi connectivity index (χ3n) is 2.23. The molecule has 1 saturated heterocycles. The van der Waals surface area contributed by atoms with Crippen molar-refractivity contribution in [2.24, 2.45) is 7.05 Å². The average molecular weight is 179 g/mol. The van der Waals surface area contributed by atoms with E-state index in [0.717, 1.165) is 5.59 Å². The largest absolute Gasteiger partial charge is 0.511 e. The summed E-state index contributed by atoms with van der Waals surface area (Å²) in [7, 11) is 1.79. The molecule has 0 aliphatic carbocycles. The third-order valence-corrected chi connectivity index (χ3v) is 2.23. The summed E-state index contributed by atoms with van der Waals surface area (Å²) in [6.07, 6.45) is 1.99. The smallest absolute Gasteiger partial charge is 0.403 e. The Morgan fingerprint density at radius 1 is 1.54 bits per heavy atom. The molecule has 13 heavy (non-hydrogen) atoms. The van der Waals surface area contributed by atoms with E-state index in [9.17, 15) is 0 Å². The van der Waals surface area contributed by atoms with Gasteiger partial charge in [-0.25, -0.2) is 0 Å². The van der Waals surface area contributed by atoms with Gasteiger partial charge in [0.15, 0.2) is 0 Å².